The van der Waals surface area contributed by atoms with E-state index in [4.69, 9.17) is 27.9 Å². The third-order valence-corrected chi connectivity index (χ3v) is 3.33. The quantitative estimate of drug-likeness (QED) is 0.790. The minimum Gasteiger partial charge on any atom is -0.383 e. The van der Waals surface area contributed by atoms with E-state index in [9.17, 15) is 4.79 Å². The van der Waals surface area contributed by atoms with Crippen molar-refractivity contribution in [2.75, 3.05) is 30.9 Å². The van der Waals surface area contributed by atoms with Crippen LogP contribution in [0.2, 0.25) is 10.0 Å². The Morgan fingerprint density at radius 2 is 1.95 bits per heavy atom. The standard InChI is InChI=1S/C14H14Cl2N4O2/c1-22-6-5-17-12-8-18-11(7-19-12)14(21)20-13-9(15)3-2-4-10(13)16/h2-4,7-8H,5-6H2,1H3,(H,17,19)(H,20,21). The van der Waals surface area contributed by atoms with Gasteiger partial charge < -0.3 is 15.4 Å². The van der Waals surface area contributed by atoms with Crippen LogP contribution in [0.25, 0.3) is 0 Å². The van der Waals surface area contributed by atoms with Gasteiger partial charge in [0.2, 0.25) is 0 Å². The van der Waals surface area contributed by atoms with Crippen molar-refractivity contribution in [3.63, 3.8) is 0 Å². The fraction of sp³-hybridized carbons (Fsp3) is 0.214. The van der Waals surface area contributed by atoms with Gasteiger partial charge in [-0.15, -0.1) is 0 Å². The van der Waals surface area contributed by atoms with Gasteiger partial charge in [0.15, 0.2) is 0 Å². The first-order chi connectivity index (χ1) is 10.6. The minimum atomic E-state index is -0.439. The van der Waals surface area contributed by atoms with Crippen molar-refractivity contribution in [1.82, 2.24) is 9.97 Å². The summed E-state index contributed by atoms with van der Waals surface area (Å²) in [6.45, 7) is 1.15. The first-order valence-electron chi connectivity index (χ1n) is 6.42. The smallest absolute Gasteiger partial charge is 0.275 e. The highest BCUT2D eigenvalue weighted by Crippen LogP contribution is 2.29. The maximum Gasteiger partial charge on any atom is 0.275 e. The van der Waals surface area contributed by atoms with Gasteiger partial charge in [-0.1, -0.05) is 29.3 Å². The monoisotopic (exact) mass is 340 g/mol. The van der Waals surface area contributed by atoms with Crippen LogP contribution >= 0.6 is 23.2 Å². The summed E-state index contributed by atoms with van der Waals surface area (Å²) in [7, 11) is 1.61. The number of methoxy groups -OCH3 is 1. The molecule has 0 saturated heterocycles. The summed E-state index contributed by atoms with van der Waals surface area (Å²) < 4.78 is 4.91. The van der Waals surface area contributed by atoms with Crippen molar-refractivity contribution in [1.29, 1.82) is 0 Å². The first kappa shape index (κ1) is 16.5. The molecule has 0 saturated carbocycles. The minimum absolute atomic E-state index is 0.160. The van der Waals surface area contributed by atoms with Gasteiger partial charge in [0, 0.05) is 13.7 Å². The Kier molecular flexibility index (Phi) is 5.94. The zero-order valence-corrected chi connectivity index (χ0v) is 13.3. The number of rotatable bonds is 6. The second kappa shape index (κ2) is 7.93. The molecule has 0 unspecified atom stereocenters. The van der Waals surface area contributed by atoms with Crippen LogP contribution in [-0.2, 0) is 4.74 Å². The lowest BCUT2D eigenvalue weighted by Crippen LogP contribution is -2.15. The number of anilines is 2. The average molecular weight is 341 g/mol. The summed E-state index contributed by atoms with van der Waals surface area (Å²) in [5.74, 6) is 0.121. The highest BCUT2D eigenvalue weighted by molar-refractivity contribution is 6.39. The zero-order valence-electron chi connectivity index (χ0n) is 11.8. The number of nitrogens with one attached hydrogen (secondary N) is 2. The maximum absolute atomic E-state index is 12.1. The molecule has 2 N–H and O–H groups in total. The topological polar surface area (TPSA) is 76.1 Å². The summed E-state index contributed by atoms with van der Waals surface area (Å²) in [4.78, 5) is 20.3. The van der Waals surface area contributed by atoms with Crippen molar-refractivity contribution in [3.8, 4) is 0 Å². The SMILES string of the molecule is COCCNc1cnc(C(=O)Nc2c(Cl)cccc2Cl)cn1. The molecule has 2 rings (SSSR count). The van der Waals surface area contributed by atoms with Crippen LogP contribution in [0, 0.1) is 0 Å². The number of nitrogens with zero attached hydrogens (tertiary/aromatic N) is 2. The molecular formula is C14H14Cl2N4O2. The van der Waals surface area contributed by atoms with E-state index < -0.39 is 5.91 Å². The molecule has 22 heavy (non-hydrogen) atoms. The Labute approximate surface area is 137 Å². The Morgan fingerprint density at radius 1 is 1.23 bits per heavy atom. The molecule has 1 aromatic carbocycles. The molecule has 1 heterocycles. The van der Waals surface area contributed by atoms with Crippen molar-refractivity contribution in [2.24, 2.45) is 0 Å². The number of ether oxygens (including phenoxy) is 1. The molecule has 2 aromatic rings. The number of carbonyl (C=O) groups is 1. The summed E-state index contributed by atoms with van der Waals surface area (Å²) in [6, 6.07) is 4.97. The van der Waals surface area contributed by atoms with Gasteiger partial charge in [-0.3, -0.25) is 4.79 Å². The van der Waals surface area contributed by atoms with Gasteiger partial charge in [-0.2, -0.15) is 0 Å². The maximum atomic E-state index is 12.1. The lowest BCUT2D eigenvalue weighted by atomic mass is 10.3. The van der Waals surface area contributed by atoms with E-state index in [1.54, 1.807) is 25.3 Å². The van der Waals surface area contributed by atoms with Gasteiger partial charge >= 0.3 is 0 Å². The lowest BCUT2D eigenvalue weighted by molar-refractivity contribution is 0.102. The fourth-order valence-electron chi connectivity index (χ4n) is 1.61. The number of amides is 1. The predicted molar refractivity (Wildman–Crippen MR) is 86.8 cm³/mol. The second-order valence-electron chi connectivity index (χ2n) is 4.26. The zero-order chi connectivity index (χ0) is 15.9. The predicted octanol–water partition coefficient (Wildman–Crippen LogP) is 3.09. The summed E-state index contributed by atoms with van der Waals surface area (Å²) in [6.07, 6.45) is 2.84. The van der Waals surface area contributed by atoms with Gasteiger partial charge in [-0.05, 0) is 12.1 Å². The lowest BCUT2D eigenvalue weighted by Gasteiger charge is -2.09. The molecular weight excluding hydrogens is 327 g/mol. The highest BCUT2D eigenvalue weighted by Gasteiger charge is 2.13. The van der Waals surface area contributed by atoms with Crippen LogP contribution in [0.5, 0.6) is 0 Å². The molecule has 6 nitrogen and oxygen atoms in total. The fourth-order valence-corrected chi connectivity index (χ4v) is 2.10. The van der Waals surface area contributed by atoms with Crippen molar-refractivity contribution < 1.29 is 9.53 Å². The molecule has 1 amide bonds. The van der Waals surface area contributed by atoms with E-state index in [0.717, 1.165) is 0 Å². The Bertz CT molecular complexity index is 630. The Hall–Kier alpha value is -1.89. The summed E-state index contributed by atoms with van der Waals surface area (Å²) in [5.41, 5.74) is 0.508. The van der Waals surface area contributed by atoms with E-state index >= 15 is 0 Å². The first-order valence-corrected chi connectivity index (χ1v) is 7.17. The van der Waals surface area contributed by atoms with Crippen LogP contribution in [0.15, 0.2) is 30.6 Å². The van der Waals surface area contributed by atoms with Gasteiger partial charge in [0.25, 0.3) is 5.91 Å². The molecule has 1 aromatic heterocycles. The van der Waals surface area contributed by atoms with Gasteiger partial charge in [0.1, 0.15) is 11.5 Å². The third kappa shape index (κ3) is 4.30. The highest BCUT2D eigenvalue weighted by atomic mass is 35.5. The number of para-hydroxylation sites is 1. The number of halogens is 2. The second-order valence-corrected chi connectivity index (χ2v) is 5.07. The number of carbonyl (C=O) groups excluding carboxylic acids is 1. The Morgan fingerprint density at radius 3 is 2.55 bits per heavy atom. The van der Waals surface area contributed by atoms with E-state index in [0.29, 0.717) is 34.7 Å². The number of benzene rings is 1. The van der Waals surface area contributed by atoms with Crippen molar-refractivity contribution in [3.05, 3.63) is 46.3 Å². The van der Waals surface area contributed by atoms with E-state index in [2.05, 4.69) is 20.6 Å². The van der Waals surface area contributed by atoms with E-state index in [1.807, 2.05) is 0 Å². The van der Waals surface area contributed by atoms with Crippen LogP contribution in [0.4, 0.5) is 11.5 Å². The average Bonchev–Trinajstić information content (AvgIpc) is 2.52. The number of hydrogen-bond acceptors (Lipinski definition) is 5. The van der Waals surface area contributed by atoms with Crippen molar-refractivity contribution in [2.45, 2.75) is 0 Å². The summed E-state index contributed by atoms with van der Waals surface area (Å²) >= 11 is 12.0. The molecule has 0 radical (unpaired) electrons. The van der Waals surface area contributed by atoms with Gasteiger partial charge in [0.05, 0.1) is 34.7 Å². The van der Waals surface area contributed by atoms with E-state index in [-0.39, 0.29) is 5.69 Å². The molecule has 0 atom stereocenters. The number of hydrogen-bond donors (Lipinski definition) is 2. The van der Waals surface area contributed by atoms with Crippen LogP contribution in [-0.4, -0.2) is 36.1 Å². The normalized spacial score (nSPS) is 10.3. The summed E-state index contributed by atoms with van der Waals surface area (Å²) in [5, 5.41) is 6.33. The van der Waals surface area contributed by atoms with Crippen molar-refractivity contribution >= 4 is 40.6 Å². The van der Waals surface area contributed by atoms with Gasteiger partial charge in [-0.25, -0.2) is 9.97 Å². The number of aromatic nitrogens is 2. The largest absolute Gasteiger partial charge is 0.383 e. The molecule has 0 fully saturated rings. The molecule has 116 valence electrons. The third-order valence-electron chi connectivity index (χ3n) is 2.70. The Balaban J connectivity index is 2.04. The van der Waals surface area contributed by atoms with Crippen LogP contribution in [0.1, 0.15) is 10.5 Å². The van der Waals surface area contributed by atoms with Crippen LogP contribution < -0.4 is 10.6 Å². The molecule has 0 spiro atoms. The van der Waals surface area contributed by atoms with E-state index in [1.165, 1.54) is 12.4 Å². The molecule has 0 aliphatic heterocycles. The molecule has 0 bridgehead atoms. The molecule has 0 aliphatic carbocycles. The molecule has 8 heteroatoms. The van der Waals surface area contributed by atoms with Crippen LogP contribution in [0.3, 0.4) is 0 Å². The molecule has 0 aliphatic rings.